The molecule has 1 fully saturated rings. The van der Waals surface area contributed by atoms with Crippen molar-refractivity contribution in [3.8, 4) is 0 Å². The van der Waals surface area contributed by atoms with Crippen molar-refractivity contribution in [3.05, 3.63) is 30.3 Å². The summed E-state index contributed by atoms with van der Waals surface area (Å²) in [6, 6.07) is 8.61. The van der Waals surface area contributed by atoms with E-state index in [4.69, 9.17) is 0 Å². The molecule has 1 unspecified atom stereocenters. The molecule has 0 radical (unpaired) electrons. The summed E-state index contributed by atoms with van der Waals surface area (Å²) in [6.07, 6.45) is 3.67. The van der Waals surface area contributed by atoms with Gasteiger partial charge in [-0.2, -0.15) is 0 Å². The molecule has 0 spiro atoms. The van der Waals surface area contributed by atoms with Crippen LogP contribution in [0.5, 0.6) is 0 Å². The lowest BCUT2D eigenvalue weighted by molar-refractivity contribution is 0.158. The highest BCUT2D eigenvalue weighted by Crippen LogP contribution is 2.16. The molecule has 1 N–H and O–H groups in total. The molecule has 22 heavy (non-hydrogen) atoms. The number of sulfone groups is 1. The largest absolute Gasteiger partial charge is 0.338 e. The van der Waals surface area contributed by atoms with E-state index in [1.165, 1.54) is 6.42 Å². The minimum Gasteiger partial charge on any atom is -0.338 e. The molecule has 1 aliphatic heterocycles. The van der Waals surface area contributed by atoms with Crippen LogP contribution in [0.15, 0.2) is 35.2 Å². The number of likely N-dealkylation sites (tertiary alicyclic amines) is 1. The zero-order valence-corrected chi connectivity index (χ0v) is 13.8. The third-order valence-corrected chi connectivity index (χ3v) is 5.85. The summed E-state index contributed by atoms with van der Waals surface area (Å²) in [6.45, 7) is 3.22. The molecule has 0 bridgehead atoms. The Balaban J connectivity index is 1.76. The highest BCUT2D eigenvalue weighted by Gasteiger charge is 2.22. The van der Waals surface area contributed by atoms with E-state index in [1.54, 1.807) is 30.3 Å². The number of carbonyl (C=O) groups excluding carboxylic acids is 1. The first-order chi connectivity index (χ1) is 10.5. The quantitative estimate of drug-likeness (QED) is 0.846. The van der Waals surface area contributed by atoms with Gasteiger partial charge in [-0.3, -0.25) is 0 Å². The fourth-order valence-corrected chi connectivity index (χ4v) is 4.04. The van der Waals surface area contributed by atoms with Crippen molar-refractivity contribution < 1.29 is 13.2 Å². The van der Waals surface area contributed by atoms with Gasteiger partial charge in [0.25, 0.3) is 0 Å². The van der Waals surface area contributed by atoms with Crippen LogP contribution in [0, 0.1) is 0 Å². The average Bonchev–Trinajstić information content (AvgIpc) is 2.53. The summed E-state index contributed by atoms with van der Waals surface area (Å²) >= 11 is 0. The van der Waals surface area contributed by atoms with Gasteiger partial charge in [0.2, 0.25) is 0 Å². The Bertz CT molecular complexity index is 587. The molecule has 6 heteroatoms. The van der Waals surface area contributed by atoms with Crippen LogP contribution in [0.1, 0.15) is 32.6 Å². The minimum atomic E-state index is -3.26. The maximum absolute atomic E-state index is 12.1. The van der Waals surface area contributed by atoms with Gasteiger partial charge in [-0.15, -0.1) is 0 Å². The van der Waals surface area contributed by atoms with Gasteiger partial charge in [-0.05, 0) is 44.7 Å². The van der Waals surface area contributed by atoms with Crippen LogP contribution in [0.25, 0.3) is 0 Å². The fraction of sp³-hybridized carbons (Fsp3) is 0.562. The number of hydrogen-bond acceptors (Lipinski definition) is 3. The molecule has 1 aromatic rings. The van der Waals surface area contributed by atoms with E-state index in [-0.39, 0.29) is 17.8 Å². The summed E-state index contributed by atoms with van der Waals surface area (Å²) in [5.74, 6) is 0.0485. The van der Waals surface area contributed by atoms with Gasteiger partial charge in [0.05, 0.1) is 10.6 Å². The standard InChI is InChI=1S/C16H24N2O3S/c1-14-8-5-6-12-18(14)16(19)17-11-7-13-22(20,21)15-9-3-2-4-10-15/h2-4,9-10,14H,5-8,11-13H2,1H3,(H,17,19). The second-order valence-corrected chi connectivity index (χ2v) is 7.86. The van der Waals surface area contributed by atoms with Crippen LogP contribution in [0.4, 0.5) is 4.79 Å². The van der Waals surface area contributed by atoms with Crippen LogP contribution in [-0.4, -0.2) is 44.2 Å². The molecule has 5 nitrogen and oxygen atoms in total. The maximum Gasteiger partial charge on any atom is 0.317 e. The summed E-state index contributed by atoms with van der Waals surface area (Å²) in [5, 5.41) is 2.83. The topological polar surface area (TPSA) is 66.5 Å². The Morgan fingerprint density at radius 2 is 2.00 bits per heavy atom. The number of benzene rings is 1. The Hall–Kier alpha value is -1.56. The van der Waals surface area contributed by atoms with Crippen LogP contribution < -0.4 is 5.32 Å². The van der Waals surface area contributed by atoms with Crippen LogP contribution in [-0.2, 0) is 9.84 Å². The second-order valence-electron chi connectivity index (χ2n) is 5.76. The molecule has 1 aromatic carbocycles. The predicted octanol–water partition coefficient (Wildman–Crippen LogP) is 2.43. The first kappa shape index (κ1) is 16.8. The highest BCUT2D eigenvalue weighted by atomic mass is 32.2. The van der Waals surface area contributed by atoms with Crippen LogP contribution >= 0.6 is 0 Å². The van der Waals surface area contributed by atoms with E-state index in [0.717, 1.165) is 19.4 Å². The van der Waals surface area contributed by atoms with E-state index in [2.05, 4.69) is 12.2 Å². The third-order valence-electron chi connectivity index (χ3n) is 4.03. The maximum atomic E-state index is 12.1. The lowest BCUT2D eigenvalue weighted by Crippen LogP contribution is -2.47. The Kier molecular flexibility index (Phi) is 5.83. The molecule has 1 heterocycles. The van der Waals surface area contributed by atoms with Crippen molar-refractivity contribution in [2.24, 2.45) is 0 Å². The van der Waals surface area contributed by atoms with E-state index < -0.39 is 9.84 Å². The minimum absolute atomic E-state index is 0.0485. The number of urea groups is 1. The van der Waals surface area contributed by atoms with Gasteiger partial charge in [0.1, 0.15) is 0 Å². The molecule has 0 aliphatic carbocycles. The molecule has 1 saturated heterocycles. The Labute approximate surface area is 132 Å². The zero-order chi connectivity index (χ0) is 16.0. The lowest BCUT2D eigenvalue weighted by Gasteiger charge is -2.33. The van der Waals surface area contributed by atoms with Crippen molar-refractivity contribution in [1.82, 2.24) is 10.2 Å². The number of amides is 2. The van der Waals surface area contributed by atoms with Crippen molar-refractivity contribution in [1.29, 1.82) is 0 Å². The molecule has 0 saturated carbocycles. The van der Waals surface area contributed by atoms with Gasteiger partial charge >= 0.3 is 6.03 Å². The number of rotatable bonds is 5. The number of piperidine rings is 1. The van der Waals surface area contributed by atoms with Gasteiger partial charge in [-0.1, -0.05) is 18.2 Å². The van der Waals surface area contributed by atoms with Crippen LogP contribution in [0.3, 0.4) is 0 Å². The molecular formula is C16H24N2O3S. The summed E-state index contributed by atoms with van der Waals surface area (Å²) in [5.41, 5.74) is 0. The number of hydrogen-bond donors (Lipinski definition) is 1. The molecular weight excluding hydrogens is 300 g/mol. The van der Waals surface area contributed by atoms with Gasteiger partial charge < -0.3 is 10.2 Å². The molecule has 0 aromatic heterocycles. The smallest absolute Gasteiger partial charge is 0.317 e. The molecule has 2 amide bonds. The first-order valence-electron chi connectivity index (χ1n) is 7.83. The van der Waals surface area contributed by atoms with E-state index >= 15 is 0 Å². The Morgan fingerprint density at radius 3 is 2.68 bits per heavy atom. The van der Waals surface area contributed by atoms with E-state index in [0.29, 0.717) is 17.9 Å². The monoisotopic (exact) mass is 324 g/mol. The van der Waals surface area contributed by atoms with Crippen molar-refractivity contribution in [3.63, 3.8) is 0 Å². The van der Waals surface area contributed by atoms with E-state index in [9.17, 15) is 13.2 Å². The third kappa shape index (κ3) is 4.47. The summed E-state index contributed by atoms with van der Waals surface area (Å²) in [7, 11) is -3.26. The SMILES string of the molecule is CC1CCCCN1C(=O)NCCCS(=O)(=O)c1ccccc1. The van der Waals surface area contributed by atoms with Crippen LogP contribution in [0.2, 0.25) is 0 Å². The second kappa shape index (κ2) is 7.63. The number of nitrogens with zero attached hydrogens (tertiary/aromatic N) is 1. The van der Waals surface area contributed by atoms with Gasteiger partial charge in [-0.25, -0.2) is 13.2 Å². The van der Waals surface area contributed by atoms with E-state index in [1.807, 2.05) is 4.90 Å². The average molecular weight is 324 g/mol. The molecule has 1 atom stereocenters. The van der Waals surface area contributed by atoms with Crippen molar-refractivity contribution >= 4 is 15.9 Å². The molecule has 122 valence electrons. The molecule has 2 rings (SSSR count). The van der Waals surface area contributed by atoms with Gasteiger partial charge in [0, 0.05) is 19.1 Å². The fourth-order valence-electron chi connectivity index (χ4n) is 2.70. The predicted molar refractivity (Wildman–Crippen MR) is 86.5 cm³/mol. The number of carbonyl (C=O) groups is 1. The Morgan fingerprint density at radius 1 is 1.27 bits per heavy atom. The highest BCUT2D eigenvalue weighted by molar-refractivity contribution is 7.91. The normalized spacial score (nSPS) is 19.0. The summed E-state index contributed by atoms with van der Waals surface area (Å²) in [4.78, 5) is 14.2. The first-order valence-corrected chi connectivity index (χ1v) is 9.48. The number of nitrogens with one attached hydrogen (secondary N) is 1. The zero-order valence-electron chi connectivity index (χ0n) is 13.0. The molecule has 1 aliphatic rings. The lowest BCUT2D eigenvalue weighted by atomic mass is 10.0. The van der Waals surface area contributed by atoms with Crippen molar-refractivity contribution in [2.75, 3.05) is 18.8 Å². The van der Waals surface area contributed by atoms with Gasteiger partial charge in [0.15, 0.2) is 9.84 Å². The van der Waals surface area contributed by atoms with Crippen molar-refractivity contribution in [2.45, 2.75) is 43.5 Å². The summed E-state index contributed by atoms with van der Waals surface area (Å²) < 4.78 is 24.2.